The van der Waals surface area contributed by atoms with Gasteiger partial charge in [-0.1, -0.05) is 5.21 Å². The highest BCUT2D eigenvalue weighted by atomic mass is 19.1. The molecule has 6 nitrogen and oxygen atoms in total. The molecule has 2 aromatic rings. The van der Waals surface area contributed by atoms with Crippen LogP contribution in [0.1, 0.15) is 5.69 Å². The van der Waals surface area contributed by atoms with Gasteiger partial charge in [-0.25, -0.2) is 13.5 Å². The van der Waals surface area contributed by atoms with Crippen LogP contribution >= 0.6 is 0 Å². The minimum absolute atomic E-state index is 0.0307. The van der Waals surface area contributed by atoms with E-state index >= 15 is 0 Å². The van der Waals surface area contributed by atoms with E-state index in [0.29, 0.717) is 18.2 Å². The van der Waals surface area contributed by atoms with Gasteiger partial charge in [-0.2, -0.15) is 0 Å². The fraction of sp³-hybridized carbons (Fsp3) is 0.250. The first kappa shape index (κ1) is 14.1. The molecule has 1 amide bonds. The topological polar surface area (TPSA) is 80.0 Å². The molecule has 0 bridgehead atoms. The van der Waals surface area contributed by atoms with Gasteiger partial charge in [0.05, 0.1) is 5.69 Å². The monoisotopic (exact) mass is 282 g/mol. The van der Waals surface area contributed by atoms with Gasteiger partial charge in [0.25, 0.3) is 0 Å². The Hall–Kier alpha value is -2.35. The largest absolute Gasteiger partial charge is 0.396 e. The highest BCUT2D eigenvalue weighted by Crippen LogP contribution is 2.12. The fourth-order valence-corrected chi connectivity index (χ4v) is 1.62. The number of amides is 1. The van der Waals surface area contributed by atoms with Crippen molar-refractivity contribution >= 4 is 11.6 Å². The summed E-state index contributed by atoms with van der Waals surface area (Å²) in [5, 5.41) is 18.5. The number of carbonyl (C=O) groups excluding carboxylic acids is 1. The molecule has 0 saturated carbocycles. The van der Waals surface area contributed by atoms with E-state index in [0.717, 1.165) is 12.1 Å². The van der Waals surface area contributed by atoms with E-state index in [1.807, 2.05) is 0 Å². The predicted octanol–water partition coefficient (Wildman–Crippen LogP) is 0.730. The van der Waals surface area contributed by atoms with Gasteiger partial charge in [0.2, 0.25) is 5.91 Å². The molecule has 0 spiro atoms. The summed E-state index contributed by atoms with van der Waals surface area (Å²) in [6, 6.07) is 2.74. The third-order valence-electron chi connectivity index (χ3n) is 2.41. The molecule has 0 saturated heterocycles. The molecule has 2 N–H and O–H groups in total. The smallest absolute Gasteiger partial charge is 0.246 e. The average molecular weight is 282 g/mol. The first-order chi connectivity index (χ1) is 9.56. The Morgan fingerprint density at radius 1 is 1.30 bits per heavy atom. The molecule has 0 aliphatic rings. The van der Waals surface area contributed by atoms with Crippen LogP contribution in [-0.2, 0) is 17.8 Å². The first-order valence-corrected chi connectivity index (χ1v) is 5.82. The molecule has 1 aromatic heterocycles. The Bertz CT molecular complexity index is 595. The van der Waals surface area contributed by atoms with E-state index in [1.54, 1.807) is 0 Å². The Labute approximate surface area is 113 Å². The lowest BCUT2D eigenvalue weighted by Gasteiger charge is -2.05. The van der Waals surface area contributed by atoms with E-state index in [-0.39, 0.29) is 18.8 Å². The summed E-state index contributed by atoms with van der Waals surface area (Å²) >= 11 is 0. The fourth-order valence-electron chi connectivity index (χ4n) is 1.62. The number of hydrogen-bond donors (Lipinski definition) is 2. The molecule has 1 heterocycles. The van der Waals surface area contributed by atoms with Crippen LogP contribution in [0.4, 0.5) is 14.5 Å². The maximum absolute atomic E-state index is 13.0. The van der Waals surface area contributed by atoms with E-state index in [1.165, 1.54) is 10.9 Å². The number of nitrogens with zero attached hydrogens (tertiary/aromatic N) is 3. The van der Waals surface area contributed by atoms with Crippen LogP contribution < -0.4 is 5.32 Å². The summed E-state index contributed by atoms with van der Waals surface area (Å²) in [6.07, 6.45) is 1.86. The number of rotatable bonds is 5. The van der Waals surface area contributed by atoms with E-state index in [2.05, 4.69) is 15.6 Å². The highest BCUT2D eigenvalue weighted by Gasteiger charge is 2.08. The van der Waals surface area contributed by atoms with Gasteiger partial charge in [-0.15, -0.1) is 5.10 Å². The molecule has 8 heteroatoms. The number of aromatic nitrogens is 3. The zero-order valence-corrected chi connectivity index (χ0v) is 10.4. The minimum Gasteiger partial charge on any atom is -0.396 e. The van der Waals surface area contributed by atoms with Crippen molar-refractivity contribution in [1.82, 2.24) is 15.0 Å². The molecule has 0 radical (unpaired) electrons. The second-order valence-corrected chi connectivity index (χ2v) is 4.09. The van der Waals surface area contributed by atoms with Crippen molar-refractivity contribution in [3.8, 4) is 0 Å². The van der Waals surface area contributed by atoms with Crippen LogP contribution in [0.2, 0.25) is 0 Å². The molecule has 0 fully saturated rings. The minimum atomic E-state index is -0.772. The van der Waals surface area contributed by atoms with Crippen LogP contribution in [0.25, 0.3) is 0 Å². The molecule has 0 atom stereocenters. The molecular formula is C12H12F2N4O2. The van der Waals surface area contributed by atoms with Gasteiger partial charge >= 0.3 is 0 Å². The summed E-state index contributed by atoms with van der Waals surface area (Å²) in [6.45, 7) is -0.204. The first-order valence-electron chi connectivity index (χ1n) is 5.82. The van der Waals surface area contributed by atoms with Crippen LogP contribution in [0.5, 0.6) is 0 Å². The zero-order valence-electron chi connectivity index (χ0n) is 10.4. The SMILES string of the molecule is O=C(Cn1cc(CCO)nn1)Nc1cc(F)cc(F)c1. The average Bonchev–Trinajstić information content (AvgIpc) is 2.75. The molecule has 0 unspecified atom stereocenters. The van der Waals surface area contributed by atoms with Crippen molar-refractivity contribution in [2.75, 3.05) is 11.9 Å². The number of carbonyl (C=O) groups is 1. The van der Waals surface area contributed by atoms with Crippen LogP contribution in [0.15, 0.2) is 24.4 Å². The lowest BCUT2D eigenvalue weighted by molar-refractivity contribution is -0.116. The molecule has 106 valence electrons. The lowest BCUT2D eigenvalue weighted by Crippen LogP contribution is -2.19. The second-order valence-electron chi connectivity index (χ2n) is 4.09. The third kappa shape index (κ3) is 3.82. The number of nitrogens with one attached hydrogen (secondary N) is 1. The van der Waals surface area contributed by atoms with Crippen LogP contribution in [0.3, 0.4) is 0 Å². The highest BCUT2D eigenvalue weighted by molar-refractivity contribution is 5.90. The number of benzene rings is 1. The number of aliphatic hydroxyl groups is 1. The van der Waals surface area contributed by atoms with Gasteiger partial charge in [-0.3, -0.25) is 4.79 Å². The molecule has 20 heavy (non-hydrogen) atoms. The molecule has 1 aromatic carbocycles. The number of aliphatic hydroxyl groups excluding tert-OH is 1. The molecule has 2 rings (SSSR count). The van der Waals surface area contributed by atoms with E-state index in [4.69, 9.17) is 5.11 Å². The molecule has 0 aliphatic heterocycles. The number of hydrogen-bond acceptors (Lipinski definition) is 4. The number of halogens is 2. The summed E-state index contributed by atoms with van der Waals surface area (Å²) in [5.74, 6) is -2.03. The maximum atomic E-state index is 13.0. The lowest BCUT2D eigenvalue weighted by atomic mass is 10.3. The summed E-state index contributed by atoms with van der Waals surface area (Å²) in [7, 11) is 0. The van der Waals surface area contributed by atoms with Crippen LogP contribution in [0, 0.1) is 11.6 Å². The van der Waals surface area contributed by atoms with Crippen molar-refractivity contribution in [3.05, 3.63) is 41.7 Å². The second kappa shape index (κ2) is 6.20. The van der Waals surface area contributed by atoms with Crippen molar-refractivity contribution in [2.24, 2.45) is 0 Å². The summed E-state index contributed by atoms with van der Waals surface area (Å²) in [5.41, 5.74) is 0.584. The number of anilines is 1. The Balaban J connectivity index is 1.97. The Morgan fingerprint density at radius 2 is 2.00 bits per heavy atom. The predicted molar refractivity (Wildman–Crippen MR) is 65.8 cm³/mol. The summed E-state index contributed by atoms with van der Waals surface area (Å²) in [4.78, 5) is 11.7. The van der Waals surface area contributed by atoms with E-state index < -0.39 is 17.5 Å². The quantitative estimate of drug-likeness (QED) is 0.847. The van der Waals surface area contributed by atoms with Crippen LogP contribution in [-0.4, -0.2) is 32.6 Å². The van der Waals surface area contributed by atoms with Gasteiger partial charge < -0.3 is 10.4 Å². The normalized spacial score (nSPS) is 10.6. The van der Waals surface area contributed by atoms with Gasteiger partial charge in [0.15, 0.2) is 0 Å². The van der Waals surface area contributed by atoms with Gasteiger partial charge in [-0.05, 0) is 12.1 Å². The maximum Gasteiger partial charge on any atom is 0.246 e. The van der Waals surface area contributed by atoms with Gasteiger partial charge in [0, 0.05) is 31.0 Å². The van der Waals surface area contributed by atoms with Crippen molar-refractivity contribution in [3.63, 3.8) is 0 Å². The van der Waals surface area contributed by atoms with Gasteiger partial charge in [0.1, 0.15) is 18.2 Å². The zero-order chi connectivity index (χ0) is 14.5. The molecular weight excluding hydrogens is 270 g/mol. The van der Waals surface area contributed by atoms with Crippen molar-refractivity contribution < 1.29 is 18.7 Å². The Kier molecular flexibility index (Phi) is 4.36. The Morgan fingerprint density at radius 3 is 2.65 bits per heavy atom. The summed E-state index contributed by atoms with van der Waals surface area (Å²) < 4.78 is 27.2. The van der Waals surface area contributed by atoms with Crippen molar-refractivity contribution in [2.45, 2.75) is 13.0 Å². The van der Waals surface area contributed by atoms with E-state index in [9.17, 15) is 13.6 Å². The molecule has 0 aliphatic carbocycles. The van der Waals surface area contributed by atoms with Crippen molar-refractivity contribution in [1.29, 1.82) is 0 Å². The standard InChI is InChI=1S/C12H12F2N4O2/c13-8-3-9(14)5-11(4-8)15-12(20)7-18-6-10(1-2-19)16-17-18/h3-6,19H,1-2,7H2,(H,15,20). The third-order valence-corrected chi connectivity index (χ3v) is 2.41.